The number of hydrogen-bond acceptors (Lipinski definition) is 6. The van der Waals surface area contributed by atoms with Crippen LogP contribution in [0.2, 0.25) is 0 Å². The molecule has 31 heavy (non-hydrogen) atoms. The van der Waals surface area contributed by atoms with E-state index in [1.54, 1.807) is 52.1 Å². The van der Waals surface area contributed by atoms with Gasteiger partial charge in [-0.2, -0.15) is 0 Å². The van der Waals surface area contributed by atoms with Gasteiger partial charge in [-0.3, -0.25) is 9.59 Å². The second-order valence-electron chi connectivity index (χ2n) is 7.97. The number of carbonyl (C=O) groups excluding carboxylic acids is 2. The Hall–Kier alpha value is -3.27. The minimum Gasteiger partial charge on any atom is -0.388 e. The third kappa shape index (κ3) is 4.02. The van der Waals surface area contributed by atoms with Crippen LogP contribution in [0.25, 0.3) is 11.0 Å². The van der Waals surface area contributed by atoms with Gasteiger partial charge in [-0.25, -0.2) is 4.98 Å². The van der Waals surface area contributed by atoms with Crippen molar-refractivity contribution >= 4 is 22.8 Å². The number of primary amides is 1. The number of pyridine rings is 1. The van der Waals surface area contributed by atoms with Crippen LogP contribution >= 0.6 is 0 Å². The summed E-state index contributed by atoms with van der Waals surface area (Å²) in [4.78, 5) is 30.0. The minimum atomic E-state index is -1.42. The Morgan fingerprint density at radius 3 is 2.58 bits per heavy atom. The molecule has 1 aromatic carbocycles. The van der Waals surface area contributed by atoms with Crippen molar-refractivity contribution in [2.75, 3.05) is 13.1 Å². The summed E-state index contributed by atoms with van der Waals surface area (Å²) in [6.45, 7) is 0.834. The molecule has 2 atom stereocenters. The van der Waals surface area contributed by atoms with E-state index in [1.807, 2.05) is 0 Å². The molecule has 1 aliphatic heterocycles. The van der Waals surface area contributed by atoms with Crippen LogP contribution in [0, 0.1) is 0 Å². The Labute approximate surface area is 178 Å². The average molecular weight is 423 g/mol. The van der Waals surface area contributed by atoms with Crippen molar-refractivity contribution in [2.45, 2.75) is 31.2 Å². The fourth-order valence-corrected chi connectivity index (χ4v) is 3.94. The van der Waals surface area contributed by atoms with E-state index in [-0.39, 0.29) is 25.4 Å². The van der Waals surface area contributed by atoms with Gasteiger partial charge in [0.05, 0.1) is 12.1 Å². The SMILES string of the molecule is NCc1ccc(C(=O)N2CC[C@@](O)(Cn3ccc4cc(C(N)=O)cnc43)[C@H](O)C2)cc1. The van der Waals surface area contributed by atoms with Crippen molar-refractivity contribution in [1.82, 2.24) is 14.5 Å². The molecule has 1 aliphatic rings. The summed E-state index contributed by atoms with van der Waals surface area (Å²) in [5.41, 5.74) is 11.8. The highest BCUT2D eigenvalue weighted by molar-refractivity contribution is 5.96. The zero-order valence-corrected chi connectivity index (χ0v) is 16.9. The Balaban J connectivity index is 1.48. The van der Waals surface area contributed by atoms with E-state index >= 15 is 0 Å². The lowest BCUT2D eigenvalue weighted by Gasteiger charge is -2.42. The zero-order chi connectivity index (χ0) is 22.2. The number of aliphatic hydroxyl groups excluding tert-OH is 1. The second kappa shape index (κ2) is 8.10. The van der Waals surface area contributed by atoms with Crippen molar-refractivity contribution < 1.29 is 19.8 Å². The molecule has 3 aromatic rings. The molecule has 0 radical (unpaired) electrons. The quantitative estimate of drug-likeness (QED) is 0.462. The summed E-state index contributed by atoms with van der Waals surface area (Å²) < 4.78 is 1.73. The van der Waals surface area contributed by atoms with Gasteiger partial charge in [0.1, 0.15) is 17.4 Å². The van der Waals surface area contributed by atoms with Gasteiger partial charge in [0.25, 0.3) is 5.91 Å². The number of rotatable bonds is 5. The fraction of sp³-hybridized carbons (Fsp3) is 0.318. The summed E-state index contributed by atoms with van der Waals surface area (Å²) in [7, 11) is 0. The average Bonchev–Trinajstić information content (AvgIpc) is 3.17. The third-order valence-corrected chi connectivity index (χ3v) is 5.88. The number of hydrogen-bond donors (Lipinski definition) is 4. The zero-order valence-electron chi connectivity index (χ0n) is 16.9. The highest BCUT2D eigenvalue weighted by Crippen LogP contribution is 2.28. The molecule has 3 heterocycles. The number of benzene rings is 1. The maximum atomic E-state index is 12.8. The van der Waals surface area contributed by atoms with E-state index in [2.05, 4.69) is 4.98 Å². The molecule has 162 valence electrons. The molecule has 6 N–H and O–H groups in total. The Kier molecular flexibility index (Phi) is 5.48. The normalized spacial score (nSPS) is 21.4. The lowest BCUT2D eigenvalue weighted by molar-refractivity contribution is -0.120. The molecule has 1 fully saturated rings. The van der Waals surface area contributed by atoms with Crippen LogP contribution in [0.15, 0.2) is 48.8 Å². The first-order valence-corrected chi connectivity index (χ1v) is 10.0. The van der Waals surface area contributed by atoms with Gasteiger partial charge in [0, 0.05) is 43.0 Å². The molecule has 0 aliphatic carbocycles. The first-order chi connectivity index (χ1) is 14.8. The minimum absolute atomic E-state index is 0.0203. The van der Waals surface area contributed by atoms with Crippen molar-refractivity contribution in [3.8, 4) is 0 Å². The number of aliphatic hydroxyl groups is 2. The summed E-state index contributed by atoms with van der Waals surface area (Å²) in [6.07, 6.45) is 2.21. The van der Waals surface area contributed by atoms with Crippen molar-refractivity contribution in [3.63, 3.8) is 0 Å². The smallest absolute Gasteiger partial charge is 0.253 e. The Bertz CT molecular complexity index is 1130. The van der Waals surface area contributed by atoms with Crippen LogP contribution in [-0.2, 0) is 13.1 Å². The van der Waals surface area contributed by atoms with Crippen LogP contribution in [-0.4, -0.2) is 61.3 Å². The van der Waals surface area contributed by atoms with E-state index < -0.39 is 17.6 Å². The van der Waals surface area contributed by atoms with E-state index in [9.17, 15) is 19.8 Å². The highest BCUT2D eigenvalue weighted by Gasteiger charge is 2.42. The highest BCUT2D eigenvalue weighted by atomic mass is 16.3. The number of piperidine rings is 1. The molecule has 2 aromatic heterocycles. The van der Waals surface area contributed by atoms with Gasteiger partial charge in [-0.05, 0) is 36.2 Å². The number of β-amino-alcohol motifs (C(OH)–C–C–N with tert-alkyl or cyclic N) is 1. The first kappa shape index (κ1) is 21.0. The largest absolute Gasteiger partial charge is 0.388 e. The molecule has 0 spiro atoms. The van der Waals surface area contributed by atoms with Crippen molar-refractivity contribution in [3.05, 3.63) is 65.5 Å². The summed E-state index contributed by atoms with van der Waals surface area (Å²) >= 11 is 0. The topological polar surface area (TPSA) is 148 Å². The number of aromatic nitrogens is 2. The molecule has 9 nitrogen and oxygen atoms in total. The maximum Gasteiger partial charge on any atom is 0.253 e. The second-order valence-corrected chi connectivity index (χ2v) is 7.97. The van der Waals surface area contributed by atoms with Crippen LogP contribution in [0.4, 0.5) is 0 Å². The molecular formula is C22H25N5O4. The fourth-order valence-electron chi connectivity index (χ4n) is 3.94. The predicted octanol–water partition coefficient (Wildman–Crippen LogP) is 0.232. The van der Waals surface area contributed by atoms with E-state index in [0.29, 0.717) is 35.2 Å². The monoisotopic (exact) mass is 423 g/mol. The van der Waals surface area contributed by atoms with Crippen molar-refractivity contribution in [2.24, 2.45) is 11.5 Å². The maximum absolute atomic E-state index is 12.8. The van der Waals surface area contributed by atoms with Crippen molar-refractivity contribution in [1.29, 1.82) is 0 Å². The number of amides is 2. The summed E-state index contributed by atoms with van der Waals surface area (Å²) in [5, 5.41) is 22.5. The first-order valence-electron chi connectivity index (χ1n) is 10.0. The number of nitrogens with two attached hydrogens (primary N) is 2. The molecular weight excluding hydrogens is 398 g/mol. The van der Waals surface area contributed by atoms with Gasteiger partial charge >= 0.3 is 0 Å². The lowest BCUT2D eigenvalue weighted by Crippen LogP contribution is -2.58. The predicted molar refractivity (Wildman–Crippen MR) is 114 cm³/mol. The molecule has 0 bridgehead atoms. The van der Waals surface area contributed by atoms with Gasteiger partial charge < -0.3 is 31.1 Å². The van der Waals surface area contributed by atoms with Gasteiger partial charge in [0.15, 0.2) is 0 Å². The number of likely N-dealkylation sites (tertiary alicyclic amines) is 1. The number of carbonyl (C=O) groups is 2. The summed E-state index contributed by atoms with van der Waals surface area (Å²) in [5.74, 6) is -0.761. The molecule has 0 unspecified atom stereocenters. The van der Waals surface area contributed by atoms with Gasteiger partial charge in [0.2, 0.25) is 5.91 Å². The standard InChI is InChI=1S/C22H25N5O4/c23-10-14-1-3-15(4-2-14)21(30)26-8-6-22(31,18(28)12-26)13-27-7-5-16-9-17(19(24)29)11-25-20(16)27/h1-5,7,9,11,18,28,31H,6,8,10,12-13,23H2,(H2,24,29)/t18-,22-/m1/s1. The Morgan fingerprint density at radius 2 is 1.94 bits per heavy atom. The number of fused-ring (bicyclic) bond motifs is 1. The van der Waals surface area contributed by atoms with Crippen LogP contribution in [0.5, 0.6) is 0 Å². The molecule has 1 saturated heterocycles. The van der Waals surface area contributed by atoms with Crippen LogP contribution < -0.4 is 11.5 Å². The lowest BCUT2D eigenvalue weighted by atomic mass is 9.88. The van der Waals surface area contributed by atoms with Crippen LogP contribution in [0.1, 0.15) is 32.7 Å². The molecule has 9 heteroatoms. The van der Waals surface area contributed by atoms with E-state index in [1.165, 1.54) is 6.20 Å². The van der Waals surface area contributed by atoms with E-state index in [4.69, 9.17) is 11.5 Å². The third-order valence-electron chi connectivity index (χ3n) is 5.88. The number of nitrogens with zero attached hydrogens (tertiary/aromatic N) is 3. The van der Waals surface area contributed by atoms with Gasteiger partial charge in [-0.15, -0.1) is 0 Å². The van der Waals surface area contributed by atoms with Crippen LogP contribution in [0.3, 0.4) is 0 Å². The summed E-state index contributed by atoms with van der Waals surface area (Å²) in [6, 6.07) is 10.5. The van der Waals surface area contributed by atoms with Gasteiger partial charge in [-0.1, -0.05) is 12.1 Å². The molecule has 4 rings (SSSR count). The Morgan fingerprint density at radius 1 is 1.19 bits per heavy atom. The van der Waals surface area contributed by atoms with E-state index in [0.717, 1.165) is 5.56 Å². The molecule has 2 amide bonds. The molecule has 0 saturated carbocycles.